The zero-order valence-corrected chi connectivity index (χ0v) is 15.1. The number of fused-ring (bicyclic) bond motifs is 1. The normalized spacial score (nSPS) is 15.4. The van der Waals surface area contributed by atoms with Gasteiger partial charge in [-0.25, -0.2) is 4.79 Å². The third-order valence-corrected chi connectivity index (χ3v) is 5.19. The van der Waals surface area contributed by atoms with Gasteiger partial charge >= 0.3 is 5.97 Å². The van der Waals surface area contributed by atoms with Crippen LogP contribution in [0.3, 0.4) is 0 Å². The lowest BCUT2D eigenvalue weighted by Gasteiger charge is -2.28. The number of ether oxygens (including phenoxy) is 2. The lowest BCUT2D eigenvalue weighted by atomic mass is 10.1. The van der Waals surface area contributed by atoms with E-state index in [1.807, 2.05) is 11.3 Å². The molecule has 1 aromatic carbocycles. The standard InChI is InChI=1S/C19H23NO4S/c1-2-23-19(22)14-3-5-17(6-4-14)24-13-16(21)12-20-9-7-18-15(11-20)8-10-25-18/h3-6,8,10,16,21H,2,7,9,11-13H2,1H3/t16-/m1/s1. The highest BCUT2D eigenvalue weighted by atomic mass is 32.1. The molecular formula is C19H23NO4S. The summed E-state index contributed by atoms with van der Waals surface area (Å²) in [6.45, 7) is 4.82. The Labute approximate surface area is 151 Å². The van der Waals surface area contributed by atoms with Crippen molar-refractivity contribution < 1.29 is 19.4 Å². The molecule has 1 N–H and O–H groups in total. The molecule has 1 aromatic heterocycles. The lowest BCUT2D eigenvalue weighted by Crippen LogP contribution is -2.38. The monoisotopic (exact) mass is 361 g/mol. The quantitative estimate of drug-likeness (QED) is 0.769. The lowest BCUT2D eigenvalue weighted by molar-refractivity contribution is 0.0525. The maximum atomic E-state index is 11.6. The smallest absolute Gasteiger partial charge is 0.338 e. The fraction of sp³-hybridized carbons (Fsp3) is 0.421. The van der Waals surface area contributed by atoms with Crippen molar-refractivity contribution in [2.75, 3.05) is 26.3 Å². The van der Waals surface area contributed by atoms with E-state index in [2.05, 4.69) is 16.3 Å². The van der Waals surface area contributed by atoms with E-state index in [0.717, 1.165) is 19.5 Å². The zero-order chi connectivity index (χ0) is 17.6. The van der Waals surface area contributed by atoms with Gasteiger partial charge in [0.1, 0.15) is 18.5 Å². The van der Waals surface area contributed by atoms with Crippen LogP contribution in [0.5, 0.6) is 5.75 Å². The van der Waals surface area contributed by atoms with Crippen molar-refractivity contribution in [2.24, 2.45) is 0 Å². The highest BCUT2D eigenvalue weighted by Crippen LogP contribution is 2.24. The number of aliphatic hydroxyl groups is 1. The highest BCUT2D eigenvalue weighted by Gasteiger charge is 2.19. The number of carbonyl (C=O) groups is 1. The first-order valence-electron chi connectivity index (χ1n) is 8.51. The van der Waals surface area contributed by atoms with Gasteiger partial charge in [0, 0.05) is 24.5 Å². The average Bonchev–Trinajstić information content (AvgIpc) is 3.08. The molecule has 0 amide bonds. The SMILES string of the molecule is CCOC(=O)c1ccc(OC[C@H](O)CN2CCc3sccc3C2)cc1. The number of aliphatic hydroxyl groups excluding tert-OH is 1. The number of rotatable bonds is 7. The van der Waals surface area contributed by atoms with Crippen LogP contribution in [0.1, 0.15) is 27.7 Å². The average molecular weight is 361 g/mol. The second-order valence-electron chi connectivity index (χ2n) is 6.06. The fourth-order valence-corrected chi connectivity index (χ4v) is 3.80. The Hall–Kier alpha value is -1.89. The number of hydrogen-bond acceptors (Lipinski definition) is 6. The van der Waals surface area contributed by atoms with Gasteiger partial charge in [-0.15, -0.1) is 11.3 Å². The van der Waals surface area contributed by atoms with Crippen LogP contribution in [0.2, 0.25) is 0 Å². The Kier molecular flexibility index (Phi) is 6.07. The van der Waals surface area contributed by atoms with E-state index in [9.17, 15) is 9.90 Å². The Morgan fingerprint density at radius 3 is 2.88 bits per heavy atom. The van der Waals surface area contributed by atoms with Crippen LogP contribution in [0.25, 0.3) is 0 Å². The van der Waals surface area contributed by atoms with Crippen LogP contribution in [-0.2, 0) is 17.7 Å². The summed E-state index contributed by atoms with van der Waals surface area (Å²) in [7, 11) is 0. The minimum atomic E-state index is -0.551. The molecule has 0 bridgehead atoms. The molecule has 1 atom stereocenters. The molecule has 3 rings (SSSR count). The molecule has 6 heteroatoms. The van der Waals surface area contributed by atoms with Gasteiger partial charge in [-0.3, -0.25) is 4.90 Å². The van der Waals surface area contributed by atoms with Crippen LogP contribution >= 0.6 is 11.3 Å². The summed E-state index contributed by atoms with van der Waals surface area (Å²) in [5, 5.41) is 12.4. The Balaban J connectivity index is 1.44. The molecule has 0 saturated carbocycles. The number of carbonyl (C=O) groups excluding carboxylic acids is 1. The van der Waals surface area contributed by atoms with Gasteiger partial charge in [-0.05, 0) is 54.6 Å². The first kappa shape index (κ1) is 17.9. The predicted molar refractivity (Wildman–Crippen MR) is 97.2 cm³/mol. The molecule has 0 unspecified atom stereocenters. The summed E-state index contributed by atoms with van der Waals surface area (Å²) in [4.78, 5) is 15.3. The van der Waals surface area contributed by atoms with Crippen LogP contribution in [0.15, 0.2) is 35.7 Å². The zero-order valence-electron chi connectivity index (χ0n) is 14.3. The highest BCUT2D eigenvalue weighted by molar-refractivity contribution is 7.10. The van der Waals surface area contributed by atoms with E-state index in [1.54, 1.807) is 31.2 Å². The molecule has 0 spiro atoms. The van der Waals surface area contributed by atoms with Gasteiger partial charge in [0.2, 0.25) is 0 Å². The minimum Gasteiger partial charge on any atom is -0.491 e. The van der Waals surface area contributed by atoms with Gasteiger partial charge in [0.05, 0.1) is 12.2 Å². The van der Waals surface area contributed by atoms with Gasteiger partial charge in [0.25, 0.3) is 0 Å². The summed E-state index contributed by atoms with van der Waals surface area (Å²) >= 11 is 1.81. The molecule has 25 heavy (non-hydrogen) atoms. The topological polar surface area (TPSA) is 59.0 Å². The van der Waals surface area contributed by atoms with E-state index in [1.165, 1.54) is 10.4 Å². The summed E-state index contributed by atoms with van der Waals surface area (Å²) in [5.74, 6) is 0.290. The van der Waals surface area contributed by atoms with Crippen molar-refractivity contribution in [1.82, 2.24) is 4.90 Å². The maximum absolute atomic E-state index is 11.6. The van der Waals surface area contributed by atoms with E-state index in [-0.39, 0.29) is 12.6 Å². The summed E-state index contributed by atoms with van der Waals surface area (Å²) < 4.78 is 10.6. The number of β-amino-alcohol motifs (C(OH)–C–C–N with tert-alkyl or cyclic N) is 1. The number of esters is 1. The largest absolute Gasteiger partial charge is 0.491 e. The summed E-state index contributed by atoms with van der Waals surface area (Å²) in [5.41, 5.74) is 1.87. The Morgan fingerprint density at radius 1 is 1.32 bits per heavy atom. The van der Waals surface area contributed by atoms with E-state index < -0.39 is 6.10 Å². The second-order valence-corrected chi connectivity index (χ2v) is 7.06. The first-order valence-corrected chi connectivity index (χ1v) is 9.39. The fourth-order valence-electron chi connectivity index (χ4n) is 2.91. The predicted octanol–water partition coefficient (Wildman–Crippen LogP) is 2.72. The van der Waals surface area contributed by atoms with Gasteiger partial charge in [-0.2, -0.15) is 0 Å². The maximum Gasteiger partial charge on any atom is 0.338 e. The minimum absolute atomic E-state index is 0.228. The number of benzene rings is 1. The van der Waals surface area contributed by atoms with E-state index in [0.29, 0.717) is 24.5 Å². The summed E-state index contributed by atoms with van der Waals surface area (Å²) in [6, 6.07) is 8.94. The first-order chi connectivity index (χ1) is 12.2. The van der Waals surface area contributed by atoms with Crippen molar-refractivity contribution in [3.63, 3.8) is 0 Å². The van der Waals surface area contributed by atoms with Gasteiger partial charge < -0.3 is 14.6 Å². The van der Waals surface area contributed by atoms with Gasteiger partial charge in [-0.1, -0.05) is 0 Å². The molecule has 2 aromatic rings. The molecule has 0 aliphatic carbocycles. The third kappa shape index (κ3) is 4.81. The molecule has 134 valence electrons. The molecule has 0 saturated heterocycles. The molecule has 1 aliphatic heterocycles. The third-order valence-electron chi connectivity index (χ3n) is 4.16. The molecule has 5 nitrogen and oxygen atoms in total. The number of hydrogen-bond donors (Lipinski definition) is 1. The molecule has 1 aliphatic rings. The van der Waals surface area contributed by atoms with Crippen LogP contribution < -0.4 is 4.74 Å². The van der Waals surface area contributed by atoms with E-state index >= 15 is 0 Å². The van der Waals surface area contributed by atoms with Gasteiger partial charge in [0.15, 0.2) is 0 Å². The van der Waals surface area contributed by atoms with Crippen molar-refractivity contribution in [1.29, 1.82) is 0 Å². The molecule has 0 fully saturated rings. The van der Waals surface area contributed by atoms with Crippen LogP contribution in [0, 0.1) is 0 Å². The molecular weight excluding hydrogens is 338 g/mol. The van der Waals surface area contributed by atoms with Crippen molar-refractivity contribution in [3.05, 3.63) is 51.7 Å². The van der Waals surface area contributed by atoms with E-state index in [4.69, 9.17) is 9.47 Å². The van der Waals surface area contributed by atoms with Crippen LogP contribution in [-0.4, -0.2) is 48.4 Å². The number of thiophene rings is 1. The Morgan fingerprint density at radius 2 is 2.12 bits per heavy atom. The van der Waals surface area contributed by atoms with Crippen molar-refractivity contribution >= 4 is 17.3 Å². The number of nitrogens with zero attached hydrogens (tertiary/aromatic N) is 1. The van der Waals surface area contributed by atoms with Crippen molar-refractivity contribution in [2.45, 2.75) is 26.0 Å². The molecule has 0 radical (unpaired) electrons. The van der Waals surface area contributed by atoms with Crippen molar-refractivity contribution in [3.8, 4) is 5.75 Å². The summed E-state index contributed by atoms with van der Waals surface area (Å²) in [6.07, 6.45) is 0.500. The van der Waals surface area contributed by atoms with Crippen LogP contribution in [0.4, 0.5) is 0 Å². The molecule has 2 heterocycles. The Bertz CT molecular complexity index is 698. The second kappa shape index (κ2) is 8.47.